The normalized spacial score (nSPS) is 10.5. The van der Waals surface area contributed by atoms with Gasteiger partial charge < -0.3 is 10.1 Å². The van der Waals surface area contributed by atoms with Gasteiger partial charge in [-0.25, -0.2) is 4.98 Å². The maximum atomic E-state index is 11.9. The van der Waals surface area contributed by atoms with Crippen molar-refractivity contribution in [3.05, 3.63) is 40.4 Å². The molecule has 1 aromatic heterocycles. The summed E-state index contributed by atoms with van der Waals surface area (Å²) < 4.78 is 5.16. The van der Waals surface area contributed by atoms with Crippen molar-refractivity contribution < 1.29 is 9.53 Å². The number of aromatic nitrogens is 1. The van der Waals surface area contributed by atoms with Crippen LogP contribution < -0.4 is 5.32 Å². The number of hydrogen-bond donors (Lipinski definition) is 1. The number of rotatable bonds is 6. The van der Waals surface area contributed by atoms with E-state index in [0.29, 0.717) is 30.5 Å². The number of carbonyl (C=O) groups excluding carboxylic acids is 1. The molecule has 1 amide bonds. The van der Waals surface area contributed by atoms with Gasteiger partial charge in [-0.15, -0.1) is 11.3 Å². The quantitative estimate of drug-likeness (QED) is 0.833. The second kappa shape index (κ2) is 7.38. The summed E-state index contributed by atoms with van der Waals surface area (Å²) in [6.07, 6.45) is 0. The fourth-order valence-corrected chi connectivity index (χ4v) is 2.59. The first-order valence-electron chi connectivity index (χ1n) is 6.28. The van der Waals surface area contributed by atoms with E-state index in [1.54, 1.807) is 11.4 Å². The zero-order chi connectivity index (χ0) is 14.4. The van der Waals surface area contributed by atoms with E-state index in [2.05, 4.69) is 10.3 Å². The Morgan fingerprint density at radius 3 is 3.10 bits per heavy atom. The molecule has 0 saturated heterocycles. The lowest BCUT2D eigenvalue weighted by Gasteiger charge is -2.02. The van der Waals surface area contributed by atoms with Crippen molar-refractivity contribution in [3.63, 3.8) is 0 Å². The van der Waals surface area contributed by atoms with Crippen molar-refractivity contribution in [2.75, 3.05) is 19.8 Å². The van der Waals surface area contributed by atoms with Gasteiger partial charge in [0.2, 0.25) is 0 Å². The van der Waals surface area contributed by atoms with Gasteiger partial charge in [0.25, 0.3) is 5.91 Å². The Labute approximate surface area is 126 Å². The molecule has 0 aliphatic carbocycles. The van der Waals surface area contributed by atoms with Gasteiger partial charge in [-0.3, -0.25) is 4.79 Å². The summed E-state index contributed by atoms with van der Waals surface area (Å²) in [7, 11) is 0. The van der Waals surface area contributed by atoms with Crippen molar-refractivity contribution in [1.29, 1.82) is 0 Å². The minimum Gasteiger partial charge on any atom is -0.380 e. The highest BCUT2D eigenvalue weighted by molar-refractivity contribution is 7.13. The largest absolute Gasteiger partial charge is 0.380 e. The van der Waals surface area contributed by atoms with E-state index in [1.807, 2.05) is 25.1 Å². The Hall–Kier alpha value is -1.43. The third kappa shape index (κ3) is 4.03. The van der Waals surface area contributed by atoms with Crippen LogP contribution in [0.1, 0.15) is 17.4 Å². The lowest BCUT2D eigenvalue weighted by atomic mass is 10.2. The lowest BCUT2D eigenvalue weighted by molar-refractivity contribution is 0.0918. The van der Waals surface area contributed by atoms with E-state index in [-0.39, 0.29) is 5.91 Å². The SMILES string of the molecule is CCOCCNC(=O)c1csc(-c2cccc(Cl)c2)n1. The van der Waals surface area contributed by atoms with E-state index in [4.69, 9.17) is 16.3 Å². The highest BCUT2D eigenvalue weighted by Crippen LogP contribution is 2.25. The first-order valence-corrected chi connectivity index (χ1v) is 7.54. The van der Waals surface area contributed by atoms with Gasteiger partial charge in [0.05, 0.1) is 6.61 Å². The summed E-state index contributed by atoms with van der Waals surface area (Å²) in [5.74, 6) is -0.186. The summed E-state index contributed by atoms with van der Waals surface area (Å²) in [4.78, 5) is 16.2. The number of ether oxygens (including phenoxy) is 1. The molecule has 0 saturated carbocycles. The highest BCUT2D eigenvalue weighted by Gasteiger charge is 2.11. The molecule has 0 fully saturated rings. The van der Waals surface area contributed by atoms with Gasteiger partial charge in [-0.2, -0.15) is 0 Å². The highest BCUT2D eigenvalue weighted by atomic mass is 35.5. The fraction of sp³-hybridized carbons (Fsp3) is 0.286. The molecule has 0 atom stereocenters. The van der Waals surface area contributed by atoms with Crippen molar-refractivity contribution >= 4 is 28.8 Å². The predicted molar refractivity (Wildman–Crippen MR) is 81.4 cm³/mol. The fourth-order valence-electron chi connectivity index (χ4n) is 1.60. The van der Waals surface area contributed by atoms with E-state index in [9.17, 15) is 4.79 Å². The molecular weight excluding hydrogens is 296 g/mol. The molecule has 0 aliphatic heterocycles. The third-order valence-corrected chi connectivity index (χ3v) is 3.67. The second-order valence-corrected chi connectivity index (χ2v) is 5.30. The number of halogens is 1. The van der Waals surface area contributed by atoms with Crippen LogP contribution in [-0.4, -0.2) is 30.6 Å². The molecule has 0 bridgehead atoms. The van der Waals surface area contributed by atoms with Crippen molar-refractivity contribution in [1.82, 2.24) is 10.3 Å². The molecular formula is C14H15ClN2O2S. The maximum absolute atomic E-state index is 11.9. The van der Waals surface area contributed by atoms with E-state index < -0.39 is 0 Å². The Kier molecular flexibility index (Phi) is 5.52. The predicted octanol–water partition coefficient (Wildman–Crippen LogP) is 3.23. The maximum Gasteiger partial charge on any atom is 0.270 e. The van der Waals surface area contributed by atoms with Crippen molar-refractivity contribution in [2.24, 2.45) is 0 Å². The van der Waals surface area contributed by atoms with Crippen molar-refractivity contribution in [3.8, 4) is 10.6 Å². The smallest absolute Gasteiger partial charge is 0.270 e. The van der Waals surface area contributed by atoms with Crippen LogP contribution in [0.5, 0.6) is 0 Å². The number of benzene rings is 1. The average molecular weight is 311 g/mol. The average Bonchev–Trinajstić information content (AvgIpc) is 2.93. The minimum absolute atomic E-state index is 0.186. The number of hydrogen-bond acceptors (Lipinski definition) is 4. The van der Waals surface area contributed by atoms with Gasteiger partial charge in [-0.1, -0.05) is 23.7 Å². The molecule has 1 N–H and O–H groups in total. The number of thiazole rings is 1. The molecule has 2 aromatic rings. The van der Waals surface area contributed by atoms with Crippen LogP contribution in [0.15, 0.2) is 29.6 Å². The van der Waals surface area contributed by atoms with Crippen LogP contribution in [-0.2, 0) is 4.74 Å². The molecule has 1 heterocycles. The second-order valence-electron chi connectivity index (χ2n) is 4.00. The monoisotopic (exact) mass is 310 g/mol. The molecule has 106 valence electrons. The number of nitrogens with zero attached hydrogens (tertiary/aromatic N) is 1. The van der Waals surface area contributed by atoms with Gasteiger partial charge in [0, 0.05) is 29.1 Å². The first-order chi connectivity index (χ1) is 9.70. The zero-order valence-electron chi connectivity index (χ0n) is 11.1. The van der Waals surface area contributed by atoms with Crippen molar-refractivity contribution in [2.45, 2.75) is 6.92 Å². The van der Waals surface area contributed by atoms with E-state index in [1.165, 1.54) is 11.3 Å². The summed E-state index contributed by atoms with van der Waals surface area (Å²) in [5, 5.41) is 5.94. The molecule has 0 radical (unpaired) electrons. The summed E-state index contributed by atoms with van der Waals surface area (Å²) in [6.45, 7) is 3.55. The number of nitrogens with one attached hydrogen (secondary N) is 1. The Bertz CT molecular complexity index is 586. The topological polar surface area (TPSA) is 51.2 Å². The molecule has 2 rings (SSSR count). The Morgan fingerprint density at radius 2 is 2.35 bits per heavy atom. The number of carbonyl (C=O) groups is 1. The standard InChI is InChI=1S/C14H15ClN2O2S/c1-2-19-7-6-16-13(18)12-9-20-14(17-12)10-4-3-5-11(15)8-10/h3-5,8-9H,2,6-7H2,1H3,(H,16,18). The number of amides is 1. The van der Waals surface area contributed by atoms with Gasteiger partial charge >= 0.3 is 0 Å². The van der Waals surface area contributed by atoms with Gasteiger partial charge in [-0.05, 0) is 19.1 Å². The molecule has 20 heavy (non-hydrogen) atoms. The van der Waals surface area contributed by atoms with Crippen LogP contribution in [0, 0.1) is 0 Å². The Morgan fingerprint density at radius 1 is 1.50 bits per heavy atom. The molecule has 0 aliphatic rings. The lowest BCUT2D eigenvalue weighted by Crippen LogP contribution is -2.27. The third-order valence-electron chi connectivity index (χ3n) is 2.54. The molecule has 6 heteroatoms. The summed E-state index contributed by atoms with van der Waals surface area (Å²) >= 11 is 7.37. The zero-order valence-corrected chi connectivity index (χ0v) is 12.6. The van der Waals surface area contributed by atoms with Crippen LogP contribution >= 0.6 is 22.9 Å². The summed E-state index contributed by atoms with van der Waals surface area (Å²) in [6, 6.07) is 7.42. The van der Waals surface area contributed by atoms with E-state index in [0.717, 1.165) is 10.6 Å². The van der Waals surface area contributed by atoms with Gasteiger partial charge in [0.1, 0.15) is 10.7 Å². The van der Waals surface area contributed by atoms with Crippen LogP contribution in [0.4, 0.5) is 0 Å². The van der Waals surface area contributed by atoms with Crippen LogP contribution in [0.2, 0.25) is 5.02 Å². The molecule has 0 unspecified atom stereocenters. The first kappa shape index (κ1) is 15.0. The molecule has 0 spiro atoms. The van der Waals surface area contributed by atoms with Crippen LogP contribution in [0.25, 0.3) is 10.6 Å². The molecule has 1 aromatic carbocycles. The minimum atomic E-state index is -0.186. The molecule has 4 nitrogen and oxygen atoms in total. The summed E-state index contributed by atoms with van der Waals surface area (Å²) in [5.41, 5.74) is 1.33. The van der Waals surface area contributed by atoms with Gasteiger partial charge in [0.15, 0.2) is 0 Å². The Balaban J connectivity index is 2.00. The van der Waals surface area contributed by atoms with Crippen LogP contribution in [0.3, 0.4) is 0 Å². The van der Waals surface area contributed by atoms with E-state index >= 15 is 0 Å².